The summed E-state index contributed by atoms with van der Waals surface area (Å²) in [4.78, 5) is 0. The van der Waals surface area contributed by atoms with E-state index in [0.717, 1.165) is 38.7 Å². The van der Waals surface area contributed by atoms with Crippen molar-refractivity contribution in [2.24, 2.45) is 5.73 Å². The Hall–Kier alpha value is -0.160. The molecule has 1 saturated heterocycles. The quantitative estimate of drug-likeness (QED) is 0.646. The van der Waals surface area contributed by atoms with E-state index in [1.807, 2.05) is 0 Å². The summed E-state index contributed by atoms with van der Waals surface area (Å²) in [5, 5.41) is 12.6. The van der Waals surface area contributed by atoms with E-state index >= 15 is 0 Å². The summed E-state index contributed by atoms with van der Waals surface area (Å²) < 4.78 is 5.90. The summed E-state index contributed by atoms with van der Waals surface area (Å²) in [6.45, 7) is 8.21. The van der Waals surface area contributed by atoms with E-state index < -0.39 is 0 Å². The zero-order valence-electron chi connectivity index (χ0n) is 12.2. The van der Waals surface area contributed by atoms with Crippen molar-refractivity contribution in [1.82, 2.24) is 5.32 Å². The summed E-state index contributed by atoms with van der Waals surface area (Å²) in [6, 6.07) is 0.389. The minimum atomic E-state index is -0.0542. The van der Waals surface area contributed by atoms with Gasteiger partial charge in [0.1, 0.15) is 0 Å². The van der Waals surface area contributed by atoms with Crippen molar-refractivity contribution in [3.8, 4) is 0 Å². The van der Waals surface area contributed by atoms with Gasteiger partial charge in [-0.05, 0) is 46.0 Å². The van der Waals surface area contributed by atoms with Gasteiger partial charge in [0, 0.05) is 31.3 Å². The molecule has 18 heavy (non-hydrogen) atoms. The van der Waals surface area contributed by atoms with Gasteiger partial charge in [0.25, 0.3) is 0 Å². The van der Waals surface area contributed by atoms with Gasteiger partial charge in [-0.3, -0.25) is 0 Å². The van der Waals surface area contributed by atoms with Crippen LogP contribution in [0.15, 0.2) is 0 Å². The van der Waals surface area contributed by atoms with E-state index in [2.05, 4.69) is 26.1 Å². The molecule has 1 rings (SSSR count). The van der Waals surface area contributed by atoms with E-state index in [1.54, 1.807) is 0 Å². The second-order valence-electron chi connectivity index (χ2n) is 5.97. The van der Waals surface area contributed by atoms with Crippen LogP contribution in [0, 0.1) is 0 Å². The molecule has 1 heterocycles. The largest absolute Gasteiger partial charge is 0.396 e. The molecule has 0 aromatic heterocycles. The summed E-state index contributed by atoms with van der Waals surface area (Å²) in [7, 11) is 0. The number of aliphatic hydroxyl groups excluding tert-OH is 1. The van der Waals surface area contributed by atoms with Crippen molar-refractivity contribution < 1.29 is 9.84 Å². The molecule has 4 nitrogen and oxygen atoms in total. The molecule has 1 aliphatic rings. The standard InChI is InChI=1S/C14H30N2O2/c1-4-13(3)10-14(11-15,7-9-18-13)16-12(2)6-5-8-17/h12,16-17H,4-11,15H2,1-3H3. The predicted molar refractivity (Wildman–Crippen MR) is 74.6 cm³/mol. The molecule has 0 radical (unpaired) electrons. The monoisotopic (exact) mass is 258 g/mol. The maximum absolute atomic E-state index is 8.89. The number of rotatable bonds is 7. The van der Waals surface area contributed by atoms with Crippen molar-refractivity contribution in [2.75, 3.05) is 19.8 Å². The van der Waals surface area contributed by atoms with E-state index in [9.17, 15) is 0 Å². The second kappa shape index (κ2) is 6.85. The SMILES string of the molecule is CCC1(C)CC(CN)(NC(C)CCCO)CCO1. The Morgan fingerprint density at radius 2 is 2.22 bits per heavy atom. The first kappa shape index (κ1) is 15.9. The van der Waals surface area contributed by atoms with Gasteiger partial charge >= 0.3 is 0 Å². The molecule has 4 N–H and O–H groups in total. The number of hydrogen-bond donors (Lipinski definition) is 3. The number of nitrogens with one attached hydrogen (secondary N) is 1. The van der Waals surface area contributed by atoms with Crippen LogP contribution in [0.4, 0.5) is 0 Å². The molecular formula is C14H30N2O2. The summed E-state index contributed by atoms with van der Waals surface area (Å²) in [5.41, 5.74) is 5.97. The molecule has 3 atom stereocenters. The first-order valence-corrected chi connectivity index (χ1v) is 7.22. The smallest absolute Gasteiger partial charge is 0.0670 e. The lowest BCUT2D eigenvalue weighted by atomic mass is 9.78. The molecule has 0 spiro atoms. The maximum atomic E-state index is 8.89. The molecule has 108 valence electrons. The molecule has 0 bridgehead atoms. The van der Waals surface area contributed by atoms with Crippen LogP contribution in [-0.4, -0.2) is 42.0 Å². The van der Waals surface area contributed by atoms with Gasteiger partial charge in [-0.2, -0.15) is 0 Å². The average molecular weight is 258 g/mol. The Kier molecular flexibility index (Phi) is 6.05. The summed E-state index contributed by atoms with van der Waals surface area (Å²) in [5.74, 6) is 0. The third-order valence-corrected chi connectivity index (χ3v) is 4.23. The van der Waals surface area contributed by atoms with Crippen molar-refractivity contribution in [2.45, 2.75) is 70.1 Å². The number of hydrogen-bond acceptors (Lipinski definition) is 4. The lowest BCUT2D eigenvalue weighted by Crippen LogP contribution is -2.61. The third kappa shape index (κ3) is 4.19. The summed E-state index contributed by atoms with van der Waals surface area (Å²) in [6.07, 6.45) is 4.79. The molecule has 0 saturated carbocycles. The molecule has 0 amide bonds. The van der Waals surface area contributed by atoms with Crippen LogP contribution >= 0.6 is 0 Å². The Bertz CT molecular complexity index is 250. The van der Waals surface area contributed by atoms with Crippen LogP contribution in [0.2, 0.25) is 0 Å². The minimum Gasteiger partial charge on any atom is -0.396 e. The fraction of sp³-hybridized carbons (Fsp3) is 1.00. The highest BCUT2D eigenvalue weighted by Gasteiger charge is 2.41. The van der Waals surface area contributed by atoms with Crippen molar-refractivity contribution >= 4 is 0 Å². The van der Waals surface area contributed by atoms with Crippen molar-refractivity contribution in [3.63, 3.8) is 0 Å². The first-order chi connectivity index (χ1) is 8.49. The molecule has 4 heteroatoms. The Morgan fingerprint density at radius 1 is 1.50 bits per heavy atom. The van der Waals surface area contributed by atoms with Crippen LogP contribution in [0.3, 0.4) is 0 Å². The predicted octanol–water partition coefficient (Wildman–Crippen LogP) is 1.41. The Morgan fingerprint density at radius 3 is 2.78 bits per heavy atom. The van der Waals surface area contributed by atoms with Crippen LogP contribution in [0.5, 0.6) is 0 Å². The lowest BCUT2D eigenvalue weighted by molar-refractivity contribution is -0.101. The average Bonchev–Trinajstić information content (AvgIpc) is 2.36. The number of ether oxygens (including phenoxy) is 1. The van der Waals surface area contributed by atoms with Gasteiger partial charge in [-0.15, -0.1) is 0 Å². The number of aliphatic hydroxyl groups is 1. The topological polar surface area (TPSA) is 67.5 Å². The van der Waals surface area contributed by atoms with Crippen molar-refractivity contribution in [1.29, 1.82) is 0 Å². The molecule has 1 fully saturated rings. The molecular weight excluding hydrogens is 228 g/mol. The minimum absolute atomic E-state index is 0.00210. The van der Waals surface area contributed by atoms with Gasteiger partial charge in [0.15, 0.2) is 0 Å². The van der Waals surface area contributed by atoms with E-state index in [0.29, 0.717) is 12.6 Å². The van der Waals surface area contributed by atoms with Crippen LogP contribution < -0.4 is 11.1 Å². The molecule has 0 aromatic carbocycles. The van der Waals surface area contributed by atoms with E-state index in [4.69, 9.17) is 15.6 Å². The Labute approximate surface area is 111 Å². The lowest BCUT2D eigenvalue weighted by Gasteiger charge is -2.47. The fourth-order valence-electron chi connectivity index (χ4n) is 2.92. The number of nitrogens with two attached hydrogens (primary N) is 1. The second-order valence-corrected chi connectivity index (χ2v) is 5.97. The van der Waals surface area contributed by atoms with Gasteiger partial charge in [-0.25, -0.2) is 0 Å². The zero-order valence-corrected chi connectivity index (χ0v) is 12.2. The highest BCUT2D eigenvalue weighted by molar-refractivity contribution is 4.99. The van der Waals surface area contributed by atoms with Crippen LogP contribution in [-0.2, 0) is 4.74 Å². The van der Waals surface area contributed by atoms with E-state index in [-0.39, 0.29) is 17.7 Å². The maximum Gasteiger partial charge on any atom is 0.0670 e. The zero-order chi connectivity index (χ0) is 13.6. The summed E-state index contributed by atoms with van der Waals surface area (Å²) >= 11 is 0. The highest BCUT2D eigenvalue weighted by Crippen LogP contribution is 2.34. The molecule has 1 aliphatic heterocycles. The normalized spacial score (nSPS) is 34.5. The highest BCUT2D eigenvalue weighted by atomic mass is 16.5. The van der Waals surface area contributed by atoms with Crippen LogP contribution in [0.25, 0.3) is 0 Å². The first-order valence-electron chi connectivity index (χ1n) is 7.22. The van der Waals surface area contributed by atoms with Gasteiger partial charge in [0.05, 0.1) is 5.60 Å². The molecule has 3 unspecified atom stereocenters. The van der Waals surface area contributed by atoms with Gasteiger partial charge in [0.2, 0.25) is 0 Å². The van der Waals surface area contributed by atoms with Gasteiger partial charge < -0.3 is 20.9 Å². The van der Waals surface area contributed by atoms with Crippen molar-refractivity contribution in [3.05, 3.63) is 0 Å². The molecule has 0 aliphatic carbocycles. The Balaban J connectivity index is 2.61. The van der Waals surface area contributed by atoms with E-state index in [1.165, 1.54) is 0 Å². The van der Waals surface area contributed by atoms with Gasteiger partial charge in [-0.1, -0.05) is 6.92 Å². The molecule has 0 aromatic rings. The fourth-order valence-corrected chi connectivity index (χ4v) is 2.92. The van der Waals surface area contributed by atoms with Crippen LogP contribution in [0.1, 0.15) is 52.9 Å². The third-order valence-electron chi connectivity index (χ3n) is 4.23.